The lowest BCUT2D eigenvalue weighted by molar-refractivity contribution is 0.288. The molecule has 0 N–H and O–H groups in total. The van der Waals surface area contributed by atoms with E-state index < -0.39 is 0 Å². The van der Waals surface area contributed by atoms with Crippen molar-refractivity contribution in [3.05, 3.63) is 57.4 Å². The van der Waals surface area contributed by atoms with E-state index in [2.05, 4.69) is 11.1 Å². The Morgan fingerprint density at radius 1 is 1.17 bits per heavy atom. The average Bonchev–Trinajstić information content (AvgIpc) is 3.23. The summed E-state index contributed by atoms with van der Waals surface area (Å²) in [6.07, 6.45) is 1.76. The number of methoxy groups -OCH3 is 2. The van der Waals surface area contributed by atoms with Gasteiger partial charge < -0.3 is 14.2 Å². The standard InChI is InChI=1S/C22H19ClN2O3S/c1-4-28-21-19(26-2)10-14(11-20(21)27-3)9-16(12-24)22-25-18(13-29-22)15-5-7-17(23)8-6-15/h5-11,13H,4H2,1-3H3/b16-9-. The molecule has 0 unspecified atom stereocenters. The summed E-state index contributed by atoms with van der Waals surface area (Å²) in [5, 5.41) is 12.9. The van der Waals surface area contributed by atoms with Crippen molar-refractivity contribution >= 4 is 34.6 Å². The van der Waals surface area contributed by atoms with E-state index in [1.807, 2.05) is 36.6 Å². The molecule has 0 spiro atoms. The van der Waals surface area contributed by atoms with E-state index in [0.29, 0.717) is 39.5 Å². The Morgan fingerprint density at radius 2 is 1.83 bits per heavy atom. The summed E-state index contributed by atoms with van der Waals surface area (Å²) in [7, 11) is 3.13. The van der Waals surface area contributed by atoms with E-state index in [-0.39, 0.29) is 0 Å². The Hall–Kier alpha value is -3.01. The van der Waals surface area contributed by atoms with Gasteiger partial charge in [-0.05, 0) is 42.8 Å². The molecule has 0 aliphatic heterocycles. The van der Waals surface area contributed by atoms with Crippen molar-refractivity contribution in [1.82, 2.24) is 4.98 Å². The Kier molecular flexibility index (Phi) is 6.76. The van der Waals surface area contributed by atoms with E-state index in [4.69, 9.17) is 25.8 Å². The van der Waals surface area contributed by atoms with Gasteiger partial charge in [0.05, 0.1) is 32.1 Å². The highest BCUT2D eigenvalue weighted by atomic mass is 35.5. The molecule has 1 aromatic heterocycles. The minimum absolute atomic E-state index is 0.448. The Labute approximate surface area is 178 Å². The number of ether oxygens (including phenoxy) is 3. The van der Waals surface area contributed by atoms with Crippen LogP contribution in [-0.2, 0) is 0 Å². The molecule has 0 aliphatic carbocycles. The highest BCUT2D eigenvalue weighted by Crippen LogP contribution is 2.39. The smallest absolute Gasteiger partial charge is 0.203 e. The van der Waals surface area contributed by atoms with Crippen LogP contribution in [0.15, 0.2) is 41.8 Å². The minimum atomic E-state index is 0.448. The summed E-state index contributed by atoms with van der Waals surface area (Å²) in [5.74, 6) is 1.61. The van der Waals surface area contributed by atoms with Crippen molar-refractivity contribution in [3.63, 3.8) is 0 Å². The summed E-state index contributed by atoms with van der Waals surface area (Å²) < 4.78 is 16.5. The van der Waals surface area contributed by atoms with Crippen molar-refractivity contribution in [2.75, 3.05) is 20.8 Å². The van der Waals surface area contributed by atoms with Gasteiger partial charge in [0.1, 0.15) is 11.1 Å². The number of benzene rings is 2. The third-order valence-electron chi connectivity index (χ3n) is 4.08. The molecule has 0 aliphatic rings. The van der Waals surface area contributed by atoms with Crippen LogP contribution >= 0.6 is 22.9 Å². The second-order valence-corrected chi connectivity index (χ2v) is 7.20. The van der Waals surface area contributed by atoms with E-state index in [1.54, 1.807) is 32.4 Å². The van der Waals surface area contributed by atoms with Gasteiger partial charge in [-0.3, -0.25) is 0 Å². The van der Waals surface area contributed by atoms with Gasteiger partial charge in [0.15, 0.2) is 11.5 Å². The summed E-state index contributed by atoms with van der Waals surface area (Å²) in [6.45, 7) is 2.37. The van der Waals surface area contributed by atoms with E-state index in [9.17, 15) is 5.26 Å². The van der Waals surface area contributed by atoms with Crippen molar-refractivity contribution in [2.45, 2.75) is 6.92 Å². The third-order valence-corrected chi connectivity index (χ3v) is 5.21. The number of nitrogens with zero attached hydrogens (tertiary/aromatic N) is 2. The molecule has 0 radical (unpaired) electrons. The van der Waals surface area contributed by atoms with Gasteiger partial charge in [0.2, 0.25) is 5.75 Å². The second-order valence-electron chi connectivity index (χ2n) is 5.90. The van der Waals surface area contributed by atoms with Crippen LogP contribution in [0.5, 0.6) is 17.2 Å². The molecule has 0 fully saturated rings. The Morgan fingerprint density at radius 3 is 2.38 bits per heavy atom. The molecular weight excluding hydrogens is 408 g/mol. The van der Waals surface area contributed by atoms with Crippen molar-refractivity contribution in [1.29, 1.82) is 5.26 Å². The quantitative estimate of drug-likeness (QED) is 0.437. The number of hydrogen-bond acceptors (Lipinski definition) is 6. The number of aromatic nitrogens is 1. The maximum Gasteiger partial charge on any atom is 0.203 e. The van der Waals surface area contributed by atoms with Crippen LogP contribution in [0.3, 0.4) is 0 Å². The highest BCUT2D eigenvalue weighted by Gasteiger charge is 2.15. The fourth-order valence-corrected chi connectivity index (χ4v) is 3.65. The number of allylic oxidation sites excluding steroid dienone is 1. The van der Waals surface area contributed by atoms with Crippen LogP contribution in [0.1, 0.15) is 17.5 Å². The van der Waals surface area contributed by atoms with Crippen LogP contribution in [0, 0.1) is 11.3 Å². The number of halogens is 1. The molecule has 0 bridgehead atoms. The van der Waals surface area contributed by atoms with Crippen LogP contribution in [0.2, 0.25) is 5.02 Å². The molecule has 0 amide bonds. The number of hydrogen-bond donors (Lipinski definition) is 0. The Bertz CT molecular complexity index is 1040. The molecule has 0 saturated carbocycles. The van der Waals surface area contributed by atoms with Crippen LogP contribution in [-0.4, -0.2) is 25.8 Å². The molecule has 29 heavy (non-hydrogen) atoms. The van der Waals surface area contributed by atoms with Crippen molar-refractivity contribution < 1.29 is 14.2 Å². The molecular formula is C22H19ClN2O3S. The summed E-state index contributed by atoms with van der Waals surface area (Å²) in [5.41, 5.74) is 2.94. The molecule has 3 rings (SSSR count). The normalized spacial score (nSPS) is 11.1. The first-order chi connectivity index (χ1) is 14.1. The summed E-state index contributed by atoms with van der Waals surface area (Å²) in [4.78, 5) is 4.61. The maximum absolute atomic E-state index is 9.69. The van der Waals surface area contributed by atoms with Gasteiger partial charge in [-0.15, -0.1) is 11.3 Å². The molecule has 0 saturated heterocycles. The fourth-order valence-electron chi connectivity index (χ4n) is 2.73. The molecule has 7 heteroatoms. The molecule has 1 heterocycles. The van der Waals surface area contributed by atoms with E-state index in [0.717, 1.165) is 16.8 Å². The zero-order chi connectivity index (χ0) is 20.8. The zero-order valence-corrected chi connectivity index (χ0v) is 17.8. The van der Waals surface area contributed by atoms with Gasteiger partial charge in [0.25, 0.3) is 0 Å². The van der Waals surface area contributed by atoms with E-state index in [1.165, 1.54) is 11.3 Å². The van der Waals surface area contributed by atoms with Gasteiger partial charge in [-0.2, -0.15) is 5.26 Å². The fraction of sp³-hybridized carbons (Fsp3) is 0.182. The molecule has 0 atom stereocenters. The predicted octanol–water partition coefficient (Wildman–Crippen LogP) is 5.94. The lowest BCUT2D eigenvalue weighted by atomic mass is 10.1. The van der Waals surface area contributed by atoms with Gasteiger partial charge >= 0.3 is 0 Å². The SMILES string of the molecule is CCOc1c(OC)cc(/C=C(/C#N)c2nc(-c3ccc(Cl)cc3)cs2)cc1OC. The average molecular weight is 427 g/mol. The molecule has 5 nitrogen and oxygen atoms in total. The number of rotatable bonds is 7. The zero-order valence-electron chi connectivity index (χ0n) is 16.2. The number of nitriles is 1. The first kappa shape index (κ1) is 20.7. The lowest BCUT2D eigenvalue weighted by Crippen LogP contribution is -1.99. The van der Waals surface area contributed by atoms with Crippen molar-refractivity contribution in [3.8, 4) is 34.6 Å². The third kappa shape index (κ3) is 4.70. The van der Waals surface area contributed by atoms with Crippen LogP contribution in [0.25, 0.3) is 22.9 Å². The van der Waals surface area contributed by atoms with Crippen LogP contribution < -0.4 is 14.2 Å². The maximum atomic E-state index is 9.69. The predicted molar refractivity (Wildman–Crippen MR) is 117 cm³/mol. The number of thiazole rings is 1. The Balaban J connectivity index is 1.98. The first-order valence-electron chi connectivity index (χ1n) is 8.82. The largest absolute Gasteiger partial charge is 0.493 e. The second kappa shape index (κ2) is 9.46. The summed E-state index contributed by atoms with van der Waals surface area (Å²) in [6, 6.07) is 13.3. The highest BCUT2D eigenvalue weighted by molar-refractivity contribution is 7.11. The van der Waals surface area contributed by atoms with Crippen LogP contribution in [0.4, 0.5) is 0 Å². The minimum Gasteiger partial charge on any atom is -0.493 e. The van der Waals surface area contributed by atoms with Gasteiger partial charge in [0, 0.05) is 16.0 Å². The van der Waals surface area contributed by atoms with Gasteiger partial charge in [-0.1, -0.05) is 23.7 Å². The topological polar surface area (TPSA) is 64.4 Å². The first-order valence-corrected chi connectivity index (χ1v) is 10.1. The van der Waals surface area contributed by atoms with Crippen molar-refractivity contribution in [2.24, 2.45) is 0 Å². The van der Waals surface area contributed by atoms with E-state index >= 15 is 0 Å². The molecule has 2 aromatic carbocycles. The molecule has 3 aromatic rings. The lowest BCUT2D eigenvalue weighted by Gasteiger charge is -2.14. The summed E-state index contributed by atoms with van der Waals surface area (Å²) >= 11 is 7.36. The molecule has 148 valence electrons. The van der Waals surface area contributed by atoms with Gasteiger partial charge in [-0.25, -0.2) is 4.98 Å². The monoisotopic (exact) mass is 426 g/mol.